The molecule has 0 fully saturated rings. The number of hydrogen-bond donors (Lipinski definition) is 0. The van der Waals surface area contributed by atoms with E-state index in [-0.39, 0.29) is 38.6 Å². The van der Waals surface area contributed by atoms with E-state index in [1.165, 1.54) is 193 Å². The first-order chi connectivity index (χ1) is 36.6. The minimum Gasteiger partial charge on any atom is -0.545 e. The average Bonchev–Trinajstić information content (AvgIpc) is 3.38. The summed E-state index contributed by atoms with van der Waals surface area (Å²) in [6.07, 6.45) is 69.9. The summed E-state index contributed by atoms with van der Waals surface area (Å²) in [5, 5.41) is 11.8. The highest BCUT2D eigenvalue weighted by molar-refractivity contribution is 5.70. The third-order valence-corrected chi connectivity index (χ3v) is 13.7. The highest BCUT2D eigenvalue weighted by atomic mass is 16.7. The molecule has 0 rings (SSSR count). The van der Waals surface area contributed by atoms with Crippen LogP contribution in [0.1, 0.15) is 284 Å². The lowest BCUT2D eigenvalue weighted by Gasteiger charge is -2.26. The third kappa shape index (κ3) is 58.5. The third-order valence-electron chi connectivity index (χ3n) is 13.7. The van der Waals surface area contributed by atoms with E-state index in [0.717, 1.165) is 57.8 Å². The second-order valence-corrected chi connectivity index (χ2v) is 22.3. The van der Waals surface area contributed by atoms with Gasteiger partial charge in [0, 0.05) is 12.8 Å². The summed E-state index contributed by atoms with van der Waals surface area (Å²) in [5.74, 6) is -2.28. The average molecular weight is 1050 g/mol. The lowest BCUT2D eigenvalue weighted by molar-refractivity contribution is -0.870. The first-order valence-electron chi connectivity index (χ1n) is 31.4. The number of aliphatic carboxylic acids is 1. The van der Waals surface area contributed by atoms with Gasteiger partial charge in [0.1, 0.15) is 13.2 Å². The maximum atomic E-state index is 12.9. The normalized spacial score (nSPS) is 13.1. The van der Waals surface area contributed by atoms with Gasteiger partial charge in [-0.05, 0) is 83.5 Å². The number of carboxylic acids is 1. The quantitative estimate of drug-likeness (QED) is 0.0195. The van der Waals surface area contributed by atoms with Crippen LogP contribution < -0.4 is 5.11 Å². The first-order valence-corrected chi connectivity index (χ1v) is 31.4. The van der Waals surface area contributed by atoms with Crippen LogP contribution >= 0.6 is 0 Å². The van der Waals surface area contributed by atoms with Crippen LogP contribution in [0, 0.1) is 0 Å². The lowest BCUT2D eigenvalue weighted by atomic mass is 10.0. The van der Waals surface area contributed by atoms with Crippen molar-refractivity contribution in [1.82, 2.24) is 0 Å². The molecule has 0 heterocycles. The maximum absolute atomic E-state index is 12.9. The van der Waals surface area contributed by atoms with Gasteiger partial charge in [-0.2, -0.15) is 0 Å². The monoisotopic (exact) mass is 1050 g/mol. The Morgan fingerprint density at radius 2 is 0.720 bits per heavy atom. The second kappa shape index (κ2) is 57.2. The van der Waals surface area contributed by atoms with E-state index in [1.54, 1.807) is 0 Å². The smallest absolute Gasteiger partial charge is 0.306 e. The molecule has 0 radical (unpaired) electrons. The molecule has 436 valence electrons. The molecule has 0 aromatic rings. The zero-order valence-corrected chi connectivity index (χ0v) is 49.7. The lowest BCUT2D eigenvalue weighted by Crippen LogP contribution is -2.44. The van der Waals surface area contributed by atoms with E-state index >= 15 is 0 Å². The van der Waals surface area contributed by atoms with Gasteiger partial charge in [0.2, 0.25) is 0 Å². The Hall–Kier alpha value is -3.01. The minimum atomic E-state index is -1.62. The number of carbonyl (C=O) groups is 3. The molecule has 0 aliphatic rings. The number of unbranched alkanes of at least 4 members (excludes halogenated alkanes) is 33. The number of hydrogen-bond acceptors (Lipinski definition) is 8. The molecule has 0 aromatic heterocycles. The fourth-order valence-corrected chi connectivity index (χ4v) is 8.87. The number of nitrogens with zero attached hydrogens (tertiary/aromatic N) is 1. The van der Waals surface area contributed by atoms with Crippen LogP contribution in [0.3, 0.4) is 0 Å². The fourth-order valence-electron chi connectivity index (χ4n) is 8.87. The summed E-state index contributed by atoms with van der Waals surface area (Å²) in [4.78, 5) is 37.4. The van der Waals surface area contributed by atoms with E-state index in [9.17, 15) is 19.5 Å². The van der Waals surface area contributed by atoms with Crippen molar-refractivity contribution in [3.63, 3.8) is 0 Å². The number of quaternary nitrogens is 1. The Morgan fingerprint density at radius 3 is 1.07 bits per heavy atom. The molecule has 0 spiro atoms. The summed E-state index contributed by atoms with van der Waals surface area (Å²) in [7, 11) is 5.93. The van der Waals surface area contributed by atoms with Gasteiger partial charge in [0.05, 0.1) is 40.3 Å². The molecule has 2 unspecified atom stereocenters. The van der Waals surface area contributed by atoms with Gasteiger partial charge in [-0.15, -0.1) is 0 Å². The van der Waals surface area contributed by atoms with Gasteiger partial charge in [0.25, 0.3) is 0 Å². The van der Waals surface area contributed by atoms with Crippen molar-refractivity contribution in [3.8, 4) is 0 Å². The van der Waals surface area contributed by atoms with Gasteiger partial charge >= 0.3 is 11.9 Å². The summed E-state index contributed by atoms with van der Waals surface area (Å²) in [5.41, 5.74) is 0. The summed E-state index contributed by atoms with van der Waals surface area (Å²) in [6, 6.07) is 0. The summed E-state index contributed by atoms with van der Waals surface area (Å²) >= 11 is 0. The maximum Gasteiger partial charge on any atom is 0.306 e. The zero-order valence-electron chi connectivity index (χ0n) is 49.7. The van der Waals surface area contributed by atoms with Crippen LogP contribution in [-0.4, -0.2) is 82.3 Å². The largest absolute Gasteiger partial charge is 0.545 e. The molecule has 0 saturated carbocycles. The van der Waals surface area contributed by atoms with E-state index in [2.05, 4.69) is 74.6 Å². The predicted octanol–water partition coefficient (Wildman–Crippen LogP) is 17.5. The van der Waals surface area contributed by atoms with Crippen LogP contribution in [0.2, 0.25) is 0 Å². The summed E-state index contributed by atoms with van der Waals surface area (Å²) < 4.78 is 22.7. The Kier molecular flexibility index (Phi) is 54.9. The number of allylic oxidation sites excluding steroid dienone is 10. The fraction of sp³-hybridized carbons (Fsp3) is 0.803. The minimum absolute atomic E-state index is 0.146. The van der Waals surface area contributed by atoms with E-state index in [4.69, 9.17) is 18.9 Å². The number of rotatable bonds is 58. The van der Waals surface area contributed by atoms with E-state index < -0.39 is 24.3 Å². The molecular weight excluding hydrogens is 935 g/mol. The molecular formula is C66H119NO8. The van der Waals surface area contributed by atoms with Crippen LogP contribution in [0.15, 0.2) is 60.8 Å². The van der Waals surface area contributed by atoms with Gasteiger partial charge in [-0.3, -0.25) is 9.59 Å². The zero-order chi connectivity index (χ0) is 54.8. The molecule has 0 saturated heterocycles. The standard InChI is InChI=1S/C66H119NO8/c1-6-8-10-12-14-16-18-20-22-24-26-28-29-30-31-32-33-34-35-37-39-41-43-45-47-49-51-53-55-57-64(69)75-62(61-74-66(65(70)71)72-59-58-67(3,4)5)60-73-63(68)56-54-52-50-48-46-44-42-40-38-36-27-25-23-21-19-17-15-13-11-9-7-2/h18-21,24-27,29-30,62,66H,6-17,22-23,28,31-61H2,1-5H3/b20-18-,21-19-,26-24-,27-25-,30-29-. The van der Waals surface area contributed by atoms with Crippen molar-refractivity contribution >= 4 is 17.9 Å². The van der Waals surface area contributed by atoms with Gasteiger partial charge in [0.15, 0.2) is 12.4 Å². The molecule has 0 aromatic carbocycles. The van der Waals surface area contributed by atoms with E-state index in [1.807, 2.05) is 21.1 Å². The topological polar surface area (TPSA) is 111 Å². The molecule has 9 heteroatoms. The number of likely N-dealkylation sites (N-methyl/N-ethyl adjacent to an activating group) is 1. The number of ether oxygens (including phenoxy) is 4. The number of carbonyl (C=O) groups excluding carboxylic acids is 3. The second-order valence-electron chi connectivity index (χ2n) is 22.3. The first kappa shape index (κ1) is 72.0. The molecule has 0 aliphatic heterocycles. The molecule has 0 aliphatic carbocycles. The Labute approximate surface area is 463 Å². The van der Waals surface area contributed by atoms with Crippen molar-refractivity contribution in [2.24, 2.45) is 0 Å². The Bertz CT molecular complexity index is 1410. The summed E-state index contributed by atoms with van der Waals surface area (Å²) in [6.45, 7) is 4.75. The van der Waals surface area contributed by atoms with Gasteiger partial charge < -0.3 is 33.3 Å². The van der Waals surface area contributed by atoms with Crippen molar-refractivity contribution in [1.29, 1.82) is 0 Å². The SMILES string of the molecule is CCCCCCC/C=C\C/C=C\C/C=C\CCCCCCCCCCCCCCCCC(=O)OC(COC(=O)CCCCCCCCCCC/C=C\C/C=C\CCCCCCC)COC(OCC[N+](C)(C)C)C(=O)[O-]. The van der Waals surface area contributed by atoms with Crippen LogP contribution in [0.25, 0.3) is 0 Å². The molecule has 0 N–H and O–H groups in total. The van der Waals surface area contributed by atoms with Gasteiger partial charge in [-0.25, -0.2) is 0 Å². The predicted molar refractivity (Wildman–Crippen MR) is 315 cm³/mol. The molecule has 9 nitrogen and oxygen atoms in total. The van der Waals surface area contributed by atoms with E-state index in [0.29, 0.717) is 17.4 Å². The Morgan fingerprint density at radius 1 is 0.400 bits per heavy atom. The van der Waals surface area contributed by atoms with Crippen LogP contribution in [0.4, 0.5) is 0 Å². The van der Waals surface area contributed by atoms with Crippen molar-refractivity contribution < 1.29 is 42.9 Å². The highest BCUT2D eigenvalue weighted by Crippen LogP contribution is 2.16. The number of esters is 2. The molecule has 75 heavy (non-hydrogen) atoms. The molecule has 0 bridgehead atoms. The van der Waals surface area contributed by atoms with Crippen molar-refractivity contribution in [3.05, 3.63) is 60.8 Å². The van der Waals surface area contributed by atoms with Gasteiger partial charge in [-0.1, -0.05) is 248 Å². The van der Waals surface area contributed by atoms with Crippen LogP contribution in [-0.2, 0) is 33.3 Å². The van der Waals surface area contributed by atoms with Crippen molar-refractivity contribution in [2.75, 3.05) is 47.5 Å². The molecule has 0 amide bonds. The highest BCUT2D eigenvalue weighted by Gasteiger charge is 2.22. The van der Waals surface area contributed by atoms with Crippen LogP contribution in [0.5, 0.6) is 0 Å². The number of carboxylic acid groups (broad SMARTS) is 1. The molecule has 2 atom stereocenters. The van der Waals surface area contributed by atoms with Crippen molar-refractivity contribution in [2.45, 2.75) is 296 Å². The Balaban J connectivity index is 4.18.